The van der Waals surface area contributed by atoms with E-state index in [0.29, 0.717) is 17.5 Å². The van der Waals surface area contributed by atoms with E-state index in [1.807, 2.05) is 12.1 Å². The topological polar surface area (TPSA) is 61.7 Å². The van der Waals surface area contributed by atoms with Crippen molar-refractivity contribution in [2.24, 2.45) is 0 Å². The van der Waals surface area contributed by atoms with E-state index in [4.69, 9.17) is 19.4 Å². The molecule has 1 aliphatic rings. The van der Waals surface area contributed by atoms with E-state index in [2.05, 4.69) is 240 Å². The molecule has 0 saturated heterocycles. The summed E-state index contributed by atoms with van der Waals surface area (Å²) in [7, 11) is 0. The Hall–Kier alpha value is -9.69. The Kier molecular flexibility index (Phi) is 9.17. The van der Waals surface area contributed by atoms with E-state index < -0.39 is 0 Å². The lowest BCUT2D eigenvalue weighted by molar-refractivity contribution is 0.669. The van der Waals surface area contributed by atoms with Gasteiger partial charge in [-0.05, 0) is 108 Å². The van der Waals surface area contributed by atoms with Gasteiger partial charge in [0.2, 0.25) is 0 Å². The number of rotatable bonds is 7. The smallest absolute Gasteiger partial charge is 0.164 e. The second-order valence-electron chi connectivity index (χ2n) is 19.5. The van der Waals surface area contributed by atoms with Crippen LogP contribution in [0.3, 0.4) is 0 Å². The molecule has 5 aromatic heterocycles. The largest absolute Gasteiger partial charge is 0.456 e. The van der Waals surface area contributed by atoms with E-state index in [0.717, 1.165) is 83.1 Å². The lowest BCUT2D eigenvalue weighted by Crippen LogP contribution is -2.02. The standard InChI is InChI=1S/C68H41N5OS/c1-3-14-41(15-4-1)43-26-31-48(36-43)72-57-22-10-8-19-50(57)53-21-13-24-59(65(53)72)73-58-23-11-7-18-49(58)51-32-27-47(40-60(51)73)68-70-66(69-67(71-68)46-30-35-64-56(39-46)52-20-9-12-25-63(52)75-64)45-29-34-62-55(38-45)54-37-44(28-33-61(54)74-62)42-16-5-2-6-17-42/h1-40,43H. The van der Waals surface area contributed by atoms with Crippen LogP contribution in [0.15, 0.2) is 247 Å². The van der Waals surface area contributed by atoms with Crippen molar-refractivity contribution in [2.45, 2.75) is 5.92 Å². The van der Waals surface area contributed by atoms with Crippen LogP contribution in [0.1, 0.15) is 11.5 Å². The second kappa shape index (κ2) is 16.4. The molecule has 0 saturated carbocycles. The molecular formula is C68H41N5OS. The van der Waals surface area contributed by atoms with E-state index in [1.165, 1.54) is 47.4 Å². The lowest BCUT2D eigenvalue weighted by Gasteiger charge is -2.15. The number of benzene rings is 10. The minimum Gasteiger partial charge on any atom is -0.456 e. The van der Waals surface area contributed by atoms with Gasteiger partial charge >= 0.3 is 0 Å². The lowest BCUT2D eigenvalue weighted by atomic mass is 10.0. The van der Waals surface area contributed by atoms with Crippen LogP contribution in [0, 0.1) is 0 Å². The third kappa shape index (κ3) is 6.61. The van der Waals surface area contributed by atoms with Crippen LogP contribution in [0.5, 0.6) is 0 Å². The Morgan fingerprint density at radius 2 is 0.920 bits per heavy atom. The molecule has 350 valence electrons. The van der Waals surface area contributed by atoms with Crippen molar-refractivity contribution in [3.8, 4) is 51.0 Å². The van der Waals surface area contributed by atoms with Crippen molar-refractivity contribution in [3.05, 3.63) is 248 Å². The SMILES string of the molecule is C1=CC(c2ccccc2)C=C1n1c2ccccc2c2cccc(-n3c4ccccc4c4ccc(-c5nc(-c6ccc7oc8ccc(-c9ccccc9)cc8c7c6)nc(-c6ccc7sc8ccccc8c7c6)n5)cc43)c21. The van der Waals surface area contributed by atoms with Gasteiger partial charge in [-0.25, -0.2) is 15.0 Å². The van der Waals surface area contributed by atoms with Gasteiger partial charge in [0, 0.05) is 80.8 Å². The van der Waals surface area contributed by atoms with Crippen molar-refractivity contribution < 1.29 is 4.42 Å². The van der Waals surface area contributed by atoms with Gasteiger partial charge < -0.3 is 13.6 Å². The summed E-state index contributed by atoms with van der Waals surface area (Å²) in [5.74, 6) is 1.96. The molecule has 0 N–H and O–H groups in total. The van der Waals surface area contributed by atoms with Crippen LogP contribution in [-0.2, 0) is 0 Å². The van der Waals surface area contributed by atoms with Crippen molar-refractivity contribution in [1.82, 2.24) is 24.1 Å². The Balaban J connectivity index is 0.914. The van der Waals surface area contributed by atoms with Gasteiger partial charge in [0.25, 0.3) is 0 Å². The first-order valence-corrected chi connectivity index (χ1v) is 26.2. The predicted octanol–water partition coefficient (Wildman–Crippen LogP) is 18.2. The third-order valence-corrected chi connectivity index (χ3v) is 16.4. The zero-order valence-electron chi connectivity index (χ0n) is 40.2. The molecule has 1 atom stereocenters. The molecule has 75 heavy (non-hydrogen) atoms. The molecule has 0 amide bonds. The molecule has 0 spiro atoms. The number of para-hydroxylation sites is 3. The van der Waals surface area contributed by atoms with Gasteiger partial charge in [-0.1, -0.05) is 152 Å². The maximum absolute atomic E-state index is 6.44. The first-order valence-electron chi connectivity index (χ1n) is 25.4. The fourth-order valence-corrected chi connectivity index (χ4v) is 12.8. The van der Waals surface area contributed by atoms with E-state index in [-0.39, 0.29) is 5.92 Å². The minimum atomic E-state index is 0.176. The molecule has 10 aromatic carbocycles. The molecule has 1 unspecified atom stereocenters. The van der Waals surface area contributed by atoms with Crippen molar-refractivity contribution in [1.29, 1.82) is 0 Å². The van der Waals surface area contributed by atoms with E-state index in [1.54, 1.807) is 11.3 Å². The van der Waals surface area contributed by atoms with Gasteiger partial charge in [0.1, 0.15) is 11.2 Å². The first kappa shape index (κ1) is 41.9. The number of allylic oxidation sites excluding steroid dienone is 4. The van der Waals surface area contributed by atoms with Crippen LogP contribution >= 0.6 is 11.3 Å². The Morgan fingerprint density at radius 1 is 0.373 bits per heavy atom. The zero-order valence-corrected chi connectivity index (χ0v) is 41.0. The average molecular weight is 976 g/mol. The molecule has 1 aliphatic carbocycles. The van der Waals surface area contributed by atoms with Crippen molar-refractivity contribution >= 4 is 103 Å². The highest BCUT2D eigenvalue weighted by atomic mass is 32.1. The number of furan rings is 1. The molecule has 15 aromatic rings. The summed E-state index contributed by atoms with van der Waals surface area (Å²) in [6, 6.07) is 80.1. The number of fused-ring (bicyclic) bond motifs is 12. The third-order valence-electron chi connectivity index (χ3n) is 15.2. The van der Waals surface area contributed by atoms with Crippen LogP contribution in [0.2, 0.25) is 0 Å². The molecule has 0 bridgehead atoms. The van der Waals surface area contributed by atoms with Gasteiger partial charge in [-0.3, -0.25) is 0 Å². The quantitative estimate of drug-likeness (QED) is 0.160. The van der Waals surface area contributed by atoms with Gasteiger partial charge in [0.05, 0.1) is 27.8 Å². The monoisotopic (exact) mass is 975 g/mol. The highest BCUT2D eigenvalue weighted by molar-refractivity contribution is 7.25. The second-order valence-corrected chi connectivity index (χ2v) is 20.6. The highest BCUT2D eigenvalue weighted by Crippen LogP contribution is 2.43. The Morgan fingerprint density at radius 3 is 1.68 bits per heavy atom. The molecule has 0 aliphatic heterocycles. The molecule has 5 heterocycles. The van der Waals surface area contributed by atoms with Crippen LogP contribution < -0.4 is 0 Å². The number of aromatic nitrogens is 5. The van der Waals surface area contributed by atoms with Crippen LogP contribution in [-0.4, -0.2) is 24.1 Å². The molecular weight excluding hydrogens is 935 g/mol. The maximum atomic E-state index is 6.44. The fraction of sp³-hybridized carbons (Fsp3) is 0.0147. The number of hydrogen-bond acceptors (Lipinski definition) is 5. The Labute approximate surface area is 434 Å². The van der Waals surface area contributed by atoms with Gasteiger partial charge in [-0.15, -0.1) is 11.3 Å². The van der Waals surface area contributed by atoms with Crippen LogP contribution in [0.25, 0.3) is 142 Å². The van der Waals surface area contributed by atoms with E-state index >= 15 is 0 Å². The van der Waals surface area contributed by atoms with Crippen LogP contribution in [0.4, 0.5) is 0 Å². The number of thiophene rings is 1. The molecule has 0 fully saturated rings. The van der Waals surface area contributed by atoms with E-state index in [9.17, 15) is 0 Å². The normalized spacial score (nSPS) is 13.8. The summed E-state index contributed by atoms with van der Waals surface area (Å²) in [4.78, 5) is 16.1. The Bertz CT molecular complexity index is 4900. The average Bonchev–Trinajstić information content (AvgIpc) is 4.32. The van der Waals surface area contributed by atoms with Crippen molar-refractivity contribution in [2.75, 3.05) is 0 Å². The zero-order chi connectivity index (χ0) is 49.1. The molecule has 16 rings (SSSR count). The first-order chi connectivity index (χ1) is 37.1. The highest BCUT2D eigenvalue weighted by Gasteiger charge is 2.24. The fourth-order valence-electron chi connectivity index (χ4n) is 11.7. The summed E-state index contributed by atoms with van der Waals surface area (Å²) in [6.07, 6.45) is 6.99. The van der Waals surface area contributed by atoms with Gasteiger partial charge in [-0.2, -0.15) is 0 Å². The predicted molar refractivity (Wildman–Crippen MR) is 312 cm³/mol. The molecule has 6 nitrogen and oxygen atoms in total. The van der Waals surface area contributed by atoms with Crippen molar-refractivity contribution in [3.63, 3.8) is 0 Å². The summed E-state index contributed by atoms with van der Waals surface area (Å²) in [6.45, 7) is 0. The molecule has 7 heteroatoms. The minimum absolute atomic E-state index is 0.176. The molecule has 0 radical (unpaired) electrons. The maximum Gasteiger partial charge on any atom is 0.164 e. The summed E-state index contributed by atoms with van der Waals surface area (Å²) in [5.41, 5.74) is 14.7. The summed E-state index contributed by atoms with van der Waals surface area (Å²) in [5, 5.41) is 9.20. The number of hydrogen-bond donors (Lipinski definition) is 0. The van der Waals surface area contributed by atoms with Gasteiger partial charge in [0.15, 0.2) is 17.5 Å². The number of nitrogens with zero attached hydrogens (tertiary/aromatic N) is 5. The summed E-state index contributed by atoms with van der Waals surface area (Å²) < 4.78 is 13.8. The summed E-state index contributed by atoms with van der Waals surface area (Å²) >= 11 is 1.81.